The van der Waals surface area contributed by atoms with E-state index in [0.717, 1.165) is 0 Å². The molecule has 0 fully saturated rings. The Morgan fingerprint density at radius 2 is 1.33 bits per heavy atom. The second kappa shape index (κ2) is 8.91. The van der Waals surface area contributed by atoms with E-state index in [4.69, 9.17) is 15.0 Å². The predicted octanol–water partition coefficient (Wildman–Crippen LogP) is -2.98. The maximum atomic E-state index is 8.33. The minimum atomic E-state index is -2.33. The number of carbonyl (C=O) groups is 1. The van der Waals surface area contributed by atoms with Crippen LogP contribution in [0.1, 0.15) is 0 Å². The monoisotopic (exact) mass is 156 g/mol. The van der Waals surface area contributed by atoms with Crippen molar-refractivity contribution in [2.75, 3.05) is 0 Å². The van der Waals surface area contributed by atoms with Crippen LogP contribution in [0, 0.1) is 12.4 Å². The van der Waals surface area contributed by atoms with Crippen LogP contribution in [0.15, 0.2) is 0 Å². The summed E-state index contributed by atoms with van der Waals surface area (Å²) in [6.45, 7) is 0. The van der Waals surface area contributed by atoms with E-state index in [1.807, 2.05) is 0 Å². The summed E-state index contributed by atoms with van der Waals surface area (Å²) in [4.78, 5) is 8.33. The number of rotatable bonds is 0. The third kappa shape index (κ3) is 8650. The van der Waals surface area contributed by atoms with E-state index in [1.54, 1.807) is 0 Å². The van der Waals surface area contributed by atoms with E-state index in [-0.39, 0.29) is 29.2 Å². The van der Waals surface area contributed by atoms with Crippen LogP contribution in [0.3, 0.4) is 0 Å². The van der Waals surface area contributed by atoms with Gasteiger partial charge in [-0.3, -0.25) is 0 Å². The quantitative estimate of drug-likeness (QED) is 0.376. The molecule has 0 aliphatic heterocycles. The summed E-state index contributed by atoms with van der Waals surface area (Å²) in [7, 11) is 0. The molecule has 3 nitrogen and oxygen atoms in total. The van der Waals surface area contributed by atoms with Crippen LogP contribution in [0.2, 0.25) is 0 Å². The topological polar surface area (TPSA) is 63.2 Å². The number of hydrogen-bond acceptors (Lipinski definition) is 3. The summed E-state index contributed by atoms with van der Waals surface area (Å²) in [5.74, 6) is 0. The first-order chi connectivity index (χ1) is 1.73. The molecule has 0 atom stereocenters. The Balaban J connectivity index is -0.0000000450. The summed E-state index contributed by atoms with van der Waals surface area (Å²) in [6, 6.07) is 0. The first-order valence-electron chi connectivity index (χ1n) is 0.612. The van der Waals surface area contributed by atoms with Crippen LogP contribution in [0.25, 0.3) is 0 Å². The fourth-order valence-corrected chi connectivity index (χ4v) is 0. The van der Waals surface area contributed by atoms with Crippen molar-refractivity contribution in [1.82, 2.24) is 0 Å². The zero-order chi connectivity index (χ0) is 3.58. The van der Waals surface area contributed by atoms with E-state index in [1.165, 1.54) is 0 Å². The van der Waals surface area contributed by atoms with Crippen LogP contribution < -0.4 is 10.2 Å². The molecule has 0 N–H and O–H groups in total. The Morgan fingerprint density at radius 1 is 1.33 bits per heavy atom. The normalized spacial score (nSPS) is 4.00. The fraction of sp³-hybridized carbons (Fsp3) is 0. The minimum absolute atomic E-state index is 0. The van der Waals surface area contributed by atoms with Gasteiger partial charge in [-0.2, -0.15) is 0 Å². The van der Waals surface area contributed by atoms with Crippen molar-refractivity contribution in [3.05, 3.63) is 0 Å². The molecule has 0 amide bonds. The minimum Gasteiger partial charge on any atom is -0.652 e. The average molecular weight is 156 g/mol. The van der Waals surface area contributed by atoms with Gasteiger partial charge >= 0.3 is 16.8 Å². The van der Waals surface area contributed by atoms with Crippen molar-refractivity contribution < 1.29 is 44.2 Å². The molecule has 1 radical (unpaired) electrons. The molecule has 0 aliphatic rings. The maximum absolute atomic E-state index is 8.33. The summed E-state index contributed by atoms with van der Waals surface area (Å²) < 4.78 is 0. The number of halogens is 1. The molecule has 0 unspecified atom stereocenters. The van der Waals surface area contributed by atoms with Gasteiger partial charge in [-0.1, -0.05) is 0 Å². The molecule has 0 aliphatic carbocycles. The smallest absolute Gasteiger partial charge is 0.652 e. The Morgan fingerprint density at radius 3 is 1.33 bits per heavy atom. The summed E-state index contributed by atoms with van der Waals surface area (Å²) >= 11 is 0. The van der Waals surface area contributed by atoms with Gasteiger partial charge in [-0.05, 0) is 6.16 Å². The molecule has 0 aromatic carbocycles. The number of carboxylic acid groups (broad SMARTS) is 2. The molecule has 0 rings (SSSR count). The van der Waals surface area contributed by atoms with Gasteiger partial charge in [0.05, 0.1) is 12.4 Å². The first-order valence-corrected chi connectivity index (χ1v) is 0.612. The van der Waals surface area contributed by atoms with E-state index >= 15 is 0 Å². The molecule has 0 aromatic rings. The number of hydrogen-bond donors (Lipinski definition) is 0. The molecule has 0 saturated carbocycles. The van der Waals surface area contributed by atoms with Crippen LogP contribution in [-0.4, -0.2) is 6.16 Å². The zero-order valence-corrected chi connectivity index (χ0v) is 4.44. The predicted molar refractivity (Wildman–Crippen MR) is 8.19 cm³/mol. The average Bonchev–Trinajstić information content (AvgIpc) is 0.811. The molecule has 5 heteroatoms. The number of carbonyl (C=O) groups excluding carboxylic acids is 1. The summed E-state index contributed by atoms with van der Waals surface area (Å²) in [5, 5.41) is 16.7. The van der Waals surface area contributed by atoms with Gasteiger partial charge in [0.1, 0.15) is 0 Å². The summed E-state index contributed by atoms with van der Waals surface area (Å²) in [6.07, 6.45) is -2.33. The molecule has 0 heterocycles. The Bertz CT molecular complexity index is 33.8. The maximum Gasteiger partial charge on any atom is 2.00 e. The van der Waals surface area contributed by atoms with Crippen molar-refractivity contribution in [1.29, 1.82) is 0 Å². The molecule has 6 heavy (non-hydrogen) atoms. The van der Waals surface area contributed by atoms with E-state index in [0.29, 0.717) is 0 Å². The van der Waals surface area contributed by atoms with Gasteiger partial charge in [0.2, 0.25) is 0 Å². The largest absolute Gasteiger partial charge is 2.00 e. The second-order valence-electron chi connectivity index (χ2n) is 0.250. The SMILES string of the molecule is O=C([O-])[O-].[ClH2+].[Co+2]. The van der Waals surface area contributed by atoms with Gasteiger partial charge in [0.15, 0.2) is 0 Å². The second-order valence-corrected chi connectivity index (χ2v) is 0.250. The van der Waals surface area contributed by atoms with E-state index in [9.17, 15) is 0 Å². The van der Waals surface area contributed by atoms with Gasteiger partial charge in [0.25, 0.3) is 0 Å². The van der Waals surface area contributed by atoms with Gasteiger partial charge in [-0.25, -0.2) is 0 Å². The molecular formula is CH2ClCoO3+. The Hall–Kier alpha value is 0.0665. The van der Waals surface area contributed by atoms with E-state index in [2.05, 4.69) is 0 Å². The van der Waals surface area contributed by atoms with Gasteiger partial charge in [-0.15, -0.1) is 0 Å². The Labute approximate surface area is 51.0 Å². The van der Waals surface area contributed by atoms with Crippen LogP contribution >= 0.6 is 0 Å². The molecule has 39 valence electrons. The van der Waals surface area contributed by atoms with Crippen LogP contribution in [-0.2, 0) is 16.8 Å². The fourth-order valence-electron chi connectivity index (χ4n) is 0. The van der Waals surface area contributed by atoms with Crippen LogP contribution in [0.5, 0.6) is 0 Å². The van der Waals surface area contributed by atoms with Crippen molar-refractivity contribution >= 4 is 6.16 Å². The molecular weight excluding hydrogens is 154 g/mol. The first kappa shape index (κ1) is 16.6. The van der Waals surface area contributed by atoms with E-state index < -0.39 is 6.16 Å². The molecule has 0 bridgehead atoms. The zero-order valence-electron chi connectivity index (χ0n) is 2.51. The molecule has 0 saturated heterocycles. The van der Waals surface area contributed by atoms with Crippen molar-refractivity contribution in [3.8, 4) is 0 Å². The van der Waals surface area contributed by atoms with Gasteiger partial charge < -0.3 is 15.0 Å². The van der Waals surface area contributed by atoms with Crippen LogP contribution in [0.4, 0.5) is 4.79 Å². The molecule has 0 spiro atoms. The standard InChI is InChI=1S/CH2O3.ClH2.Co/c2-1(3)4;;/h(H2,2,3,4);1H2;/q;+1;+2/p-2. The third-order valence-electron chi connectivity index (χ3n) is 0. The summed E-state index contributed by atoms with van der Waals surface area (Å²) in [5.41, 5.74) is 0. The third-order valence-corrected chi connectivity index (χ3v) is 0. The Kier molecular flexibility index (Phi) is 24.6. The van der Waals surface area contributed by atoms with Crippen molar-refractivity contribution in [2.24, 2.45) is 0 Å². The van der Waals surface area contributed by atoms with Crippen molar-refractivity contribution in [2.45, 2.75) is 0 Å². The van der Waals surface area contributed by atoms with Crippen molar-refractivity contribution in [3.63, 3.8) is 0 Å². The van der Waals surface area contributed by atoms with Gasteiger partial charge in [0, 0.05) is 0 Å². The molecule has 0 aromatic heterocycles.